The van der Waals surface area contributed by atoms with Gasteiger partial charge >= 0.3 is 0 Å². The number of nitrogens with one attached hydrogen (secondary N) is 1. The number of carbonyl (C=O) groups is 2. The van der Waals surface area contributed by atoms with Gasteiger partial charge in [-0.15, -0.1) is 12.4 Å². The summed E-state index contributed by atoms with van der Waals surface area (Å²) in [7, 11) is 0. The van der Waals surface area contributed by atoms with Crippen LogP contribution in [-0.4, -0.2) is 40.9 Å². The molecule has 0 aromatic carbocycles. The summed E-state index contributed by atoms with van der Waals surface area (Å²) in [6, 6.07) is 0.402. The molecule has 20 heavy (non-hydrogen) atoms. The first-order valence-corrected chi connectivity index (χ1v) is 7.48. The molecular formula is C14H24ClN3O2. The summed E-state index contributed by atoms with van der Waals surface area (Å²) >= 11 is 0. The largest absolute Gasteiger partial charge is 0.349 e. The van der Waals surface area contributed by atoms with Crippen LogP contribution in [0.1, 0.15) is 51.4 Å². The molecule has 2 amide bonds. The average molecular weight is 302 g/mol. The molecule has 0 spiro atoms. The lowest BCUT2D eigenvalue weighted by Crippen LogP contribution is -2.57. The van der Waals surface area contributed by atoms with Crippen LogP contribution in [0.3, 0.4) is 0 Å². The molecule has 2 saturated carbocycles. The van der Waals surface area contributed by atoms with Gasteiger partial charge in [-0.05, 0) is 25.7 Å². The lowest BCUT2D eigenvalue weighted by Gasteiger charge is -2.32. The van der Waals surface area contributed by atoms with E-state index < -0.39 is 5.54 Å². The zero-order chi connectivity index (χ0) is 13.5. The second kappa shape index (κ2) is 5.90. The molecule has 6 heteroatoms. The Morgan fingerprint density at radius 2 is 1.90 bits per heavy atom. The first-order valence-electron chi connectivity index (χ1n) is 7.48. The third kappa shape index (κ3) is 3.09. The Morgan fingerprint density at radius 1 is 1.25 bits per heavy atom. The topological polar surface area (TPSA) is 75.4 Å². The molecule has 5 nitrogen and oxygen atoms in total. The predicted octanol–water partition coefficient (Wildman–Crippen LogP) is 0.949. The number of carbonyl (C=O) groups excluding carboxylic acids is 2. The van der Waals surface area contributed by atoms with E-state index in [9.17, 15) is 9.59 Å². The normalized spacial score (nSPS) is 28.9. The molecule has 3 N–H and O–H groups in total. The molecule has 1 heterocycles. The van der Waals surface area contributed by atoms with Gasteiger partial charge in [0, 0.05) is 19.0 Å². The number of halogens is 1. The Labute approximate surface area is 126 Å². The third-order valence-corrected chi connectivity index (χ3v) is 4.68. The highest BCUT2D eigenvalue weighted by atomic mass is 35.5. The number of hydrogen-bond donors (Lipinski definition) is 2. The van der Waals surface area contributed by atoms with E-state index >= 15 is 0 Å². The van der Waals surface area contributed by atoms with E-state index in [0.717, 1.165) is 38.5 Å². The molecule has 1 aliphatic heterocycles. The third-order valence-electron chi connectivity index (χ3n) is 4.68. The second-order valence-corrected chi connectivity index (χ2v) is 6.37. The number of rotatable bonds is 3. The Hall–Kier alpha value is -0.810. The van der Waals surface area contributed by atoms with Crippen LogP contribution in [0.25, 0.3) is 0 Å². The summed E-state index contributed by atoms with van der Waals surface area (Å²) < 4.78 is 0. The number of nitrogens with zero attached hydrogens (tertiary/aromatic N) is 1. The molecule has 1 saturated heterocycles. The average Bonchev–Trinajstić information content (AvgIpc) is 3.15. The van der Waals surface area contributed by atoms with Crippen LogP contribution in [0.4, 0.5) is 0 Å². The molecule has 114 valence electrons. The Bertz CT molecular complexity index is 392. The SMILES string of the molecule is Cl.NC1(C(=O)NC2CC(=O)N(C3CC3)C2)CCCCC1. The minimum absolute atomic E-state index is 0. The van der Waals surface area contributed by atoms with Gasteiger partial charge in [0.15, 0.2) is 0 Å². The maximum absolute atomic E-state index is 12.3. The van der Waals surface area contributed by atoms with Crippen molar-refractivity contribution in [3.8, 4) is 0 Å². The summed E-state index contributed by atoms with van der Waals surface area (Å²) in [4.78, 5) is 26.1. The van der Waals surface area contributed by atoms with Gasteiger partial charge in [-0.2, -0.15) is 0 Å². The molecule has 1 unspecified atom stereocenters. The molecule has 3 fully saturated rings. The first kappa shape index (κ1) is 15.6. The van der Waals surface area contributed by atoms with E-state index in [1.165, 1.54) is 6.42 Å². The van der Waals surface area contributed by atoms with Crippen molar-refractivity contribution >= 4 is 24.2 Å². The van der Waals surface area contributed by atoms with E-state index in [2.05, 4.69) is 5.32 Å². The van der Waals surface area contributed by atoms with Crippen molar-refractivity contribution < 1.29 is 9.59 Å². The maximum Gasteiger partial charge on any atom is 0.240 e. The van der Waals surface area contributed by atoms with E-state index in [1.807, 2.05) is 4.90 Å². The highest BCUT2D eigenvalue weighted by Crippen LogP contribution is 2.31. The Morgan fingerprint density at radius 3 is 2.50 bits per heavy atom. The molecule has 0 bridgehead atoms. The van der Waals surface area contributed by atoms with Gasteiger partial charge in [0.05, 0.1) is 11.6 Å². The molecule has 2 aliphatic carbocycles. The standard InChI is InChI=1S/C14H23N3O2.ClH/c15-14(6-2-1-3-7-14)13(19)16-10-8-12(18)17(9-10)11-4-5-11;/h10-11H,1-9,15H2,(H,16,19);1H. The van der Waals surface area contributed by atoms with Crippen molar-refractivity contribution in [2.75, 3.05) is 6.54 Å². The quantitative estimate of drug-likeness (QED) is 0.815. The summed E-state index contributed by atoms with van der Waals surface area (Å²) in [5.74, 6) is 0.130. The summed E-state index contributed by atoms with van der Waals surface area (Å²) in [5.41, 5.74) is 5.51. The highest BCUT2D eigenvalue weighted by molar-refractivity contribution is 5.88. The molecule has 0 aromatic heterocycles. The Balaban J connectivity index is 0.00000147. The number of likely N-dealkylation sites (tertiary alicyclic amines) is 1. The van der Waals surface area contributed by atoms with Crippen molar-refractivity contribution in [3.05, 3.63) is 0 Å². The Kier molecular flexibility index (Phi) is 4.59. The molecule has 0 aromatic rings. The molecule has 3 aliphatic rings. The number of nitrogens with two attached hydrogens (primary N) is 1. The minimum atomic E-state index is -0.700. The van der Waals surface area contributed by atoms with Gasteiger partial charge in [0.1, 0.15) is 0 Å². The van der Waals surface area contributed by atoms with Crippen molar-refractivity contribution in [3.63, 3.8) is 0 Å². The first-order chi connectivity index (χ1) is 9.08. The van der Waals surface area contributed by atoms with Gasteiger partial charge in [0.2, 0.25) is 11.8 Å². The summed E-state index contributed by atoms with van der Waals surface area (Å²) in [6.07, 6.45) is 7.45. The van der Waals surface area contributed by atoms with Crippen molar-refractivity contribution in [2.24, 2.45) is 5.73 Å². The lowest BCUT2D eigenvalue weighted by atomic mass is 9.81. The van der Waals surface area contributed by atoms with Crippen molar-refractivity contribution in [1.29, 1.82) is 0 Å². The van der Waals surface area contributed by atoms with Crippen LogP contribution in [0.2, 0.25) is 0 Å². The second-order valence-electron chi connectivity index (χ2n) is 6.37. The van der Waals surface area contributed by atoms with E-state index in [4.69, 9.17) is 5.73 Å². The van der Waals surface area contributed by atoms with E-state index in [1.54, 1.807) is 0 Å². The monoisotopic (exact) mass is 301 g/mol. The van der Waals surface area contributed by atoms with Gasteiger partial charge in [-0.3, -0.25) is 9.59 Å². The fraction of sp³-hybridized carbons (Fsp3) is 0.857. The van der Waals surface area contributed by atoms with Crippen LogP contribution >= 0.6 is 12.4 Å². The van der Waals surface area contributed by atoms with Crippen LogP contribution in [0.5, 0.6) is 0 Å². The molecule has 0 radical (unpaired) electrons. The predicted molar refractivity (Wildman–Crippen MR) is 78.5 cm³/mol. The fourth-order valence-electron chi connectivity index (χ4n) is 3.31. The number of amides is 2. The smallest absolute Gasteiger partial charge is 0.240 e. The fourth-order valence-corrected chi connectivity index (χ4v) is 3.31. The van der Waals surface area contributed by atoms with Crippen molar-refractivity contribution in [2.45, 2.75) is 69.0 Å². The maximum atomic E-state index is 12.3. The zero-order valence-corrected chi connectivity index (χ0v) is 12.6. The van der Waals surface area contributed by atoms with Gasteiger partial charge in [-0.25, -0.2) is 0 Å². The summed E-state index contributed by atoms with van der Waals surface area (Å²) in [5, 5.41) is 3.01. The molecular weight excluding hydrogens is 278 g/mol. The van der Waals surface area contributed by atoms with Crippen LogP contribution < -0.4 is 11.1 Å². The van der Waals surface area contributed by atoms with Gasteiger partial charge in [-0.1, -0.05) is 19.3 Å². The molecule has 1 atom stereocenters. The van der Waals surface area contributed by atoms with E-state index in [-0.39, 0.29) is 30.3 Å². The van der Waals surface area contributed by atoms with Crippen LogP contribution in [0, 0.1) is 0 Å². The highest BCUT2D eigenvalue weighted by Gasteiger charge is 2.42. The van der Waals surface area contributed by atoms with Crippen LogP contribution in [0.15, 0.2) is 0 Å². The van der Waals surface area contributed by atoms with Gasteiger partial charge in [0.25, 0.3) is 0 Å². The number of hydrogen-bond acceptors (Lipinski definition) is 3. The van der Waals surface area contributed by atoms with Gasteiger partial charge < -0.3 is 16.0 Å². The summed E-state index contributed by atoms with van der Waals surface area (Å²) in [6.45, 7) is 0.672. The van der Waals surface area contributed by atoms with E-state index in [0.29, 0.717) is 19.0 Å². The molecule has 3 rings (SSSR count). The van der Waals surface area contributed by atoms with Crippen LogP contribution in [-0.2, 0) is 9.59 Å². The minimum Gasteiger partial charge on any atom is -0.349 e. The lowest BCUT2D eigenvalue weighted by molar-refractivity contribution is -0.128. The zero-order valence-electron chi connectivity index (χ0n) is 11.8. The van der Waals surface area contributed by atoms with Crippen molar-refractivity contribution in [1.82, 2.24) is 10.2 Å².